The lowest BCUT2D eigenvalue weighted by Gasteiger charge is -2.33. The highest BCUT2D eigenvalue weighted by Gasteiger charge is 2.33. The van der Waals surface area contributed by atoms with E-state index in [2.05, 4.69) is 20.8 Å². The highest BCUT2D eigenvalue weighted by Crippen LogP contribution is 2.37. The number of carbonyl (C=O) groups excluding carboxylic acids is 1. The Balaban J connectivity index is 2.49. The average Bonchev–Trinajstić information content (AvgIpc) is 2.20. The first-order chi connectivity index (χ1) is 7.33. The molecule has 0 aromatic carbocycles. The third-order valence-electron chi connectivity index (χ3n) is 4.13. The van der Waals surface area contributed by atoms with Crippen LogP contribution >= 0.6 is 0 Å². The zero-order valence-electron chi connectivity index (χ0n) is 11.7. The number of carbonyl (C=O) groups is 1. The Labute approximate surface area is 101 Å². The smallest absolute Gasteiger partial charge is 0.141 e. The predicted molar refractivity (Wildman–Crippen MR) is 69.4 cm³/mol. The van der Waals surface area contributed by atoms with Crippen molar-refractivity contribution >= 4 is 5.78 Å². The van der Waals surface area contributed by atoms with E-state index >= 15 is 0 Å². The van der Waals surface area contributed by atoms with Crippen LogP contribution in [0.25, 0.3) is 0 Å². The molecule has 1 rings (SSSR count). The molecule has 0 aliphatic heterocycles. The quantitative estimate of drug-likeness (QED) is 0.689. The number of hydrogen-bond acceptors (Lipinski definition) is 1. The van der Waals surface area contributed by atoms with Crippen LogP contribution in [0.3, 0.4) is 0 Å². The average molecular weight is 224 g/mol. The summed E-state index contributed by atoms with van der Waals surface area (Å²) in [5, 5.41) is 0. The Hall–Kier alpha value is -0.330. The largest absolute Gasteiger partial charge is 0.299 e. The van der Waals surface area contributed by atoms with Crippen LogP contribution in [0.2, 0.25) is 0 Å². The molecule has 1 heteroatoms. The van der Waals surface area contributed by atoms with Gasteiger partial charge in [0, 0.05) is 11.3 Å². The number of hydrogen-bond donors (Lipinski definition) is 0. The Kier molecular flexibility index (Phi) is 4.58. The molecule has 16 heavy (non-hydrogen) atoms. The van der Waals surface area contributed by atoms with Gasteiger partial charge in [-0.05, 0) is 18.3 Å². The van der Waals surface area contributed by atoms with Gasteiger partial charge in [0.1, 0.15) is 5.78 Å². The minimum atomic E-state index is -0.112. The lowest BCUT2D eigenvalue weighted by Crippen LogP contribution is -2.31. The summed E-state index contributed by atoms with van der Waals surface area (Å²) in [5.74, 6) is 2.30. The predicted octanol–water partition coefficient (Wildman–Crippen LogP) is 4.45. The van der Waals surface area contributed by atoms with Crippen LogP contribution in [0.1, 0.15) is 66.7 Å². The monoisotopic (exact) mass is 224 g/mol. The molecule has 0 atom stereocenters. The Morgan fingerprint density at radius 2 is 1.69 bits per heavy atom. The standard InChI is InChI=1S/C15H28O/c1-11(2)14(16)15(4,5)10-13-8-6-12(3)7-9-13/h11-13H,6-10H2,1-5H3. The molecule has 1 saturated carbocycles. The Bertz CT molecular complexity index is 232. The summed E-state index contributed by atoms with van der Waals surface area (Å²) in [6, 6.07) is 0. The molecule has 94 valence electrons. The molecule has 0 bridgehead atoms. The van der Waals surface area contributed by atoms with Crippen LogP contribution in [0.4, 0.5) is 0 Å². The van der Waals surface area contributed by atoms with Gasteiger partial charge in [-0.25, -0.2) is 0 Å². The van der Waals surface area contributed by atoms with Crippen molar-refractivity contribution in [1.29, 1.82) is 0 Å². The van der Waals surface area contributed by atoms with E-state index < -0.39 is 0 Å². The van der Waals surface area contributed by atoms with Gasteiger partial charge in [-0.2, -0.15) is 0 Å². The van der Waals surface area contributed by atoms with Crippen molar-refractivity contribution in [2.24, 2.45) is 23.2 Å². The second kappa shape index (κ2) is 5.33. The van der Waals surface area contributed by atoms with E-state index in [1.807, 2.05) is 13.8 Å². The van der Waals surface area contributed by atoms with Crippen molar-refractivity contribution in [2.75, 3.05) is 0 Å². The van der Waals surface area contributed by atoms with Crippen molar-refractivity contribution in [3.63, 3.8) is 0 Å². The molecule has 0 unspecified atom stereocenters. The Morgan fingerprint density at radius 3 is 2.12 bits per heavy atom. The molecular weight excluding hydrogens is 196 g/mol. The van der Waals surface area contributed by atoms with E-state index in [-0.39, 0.29) is 11.3 Å². The summed E-state index contributed by atoms with van der Waals surface area (Å²) in [7, 11) is 0. The number of rotatable bonds is 4. The lowest BCUT2D eigenvalue weighted by molar-refractivity contribution is -0.131. The molecule has 0 radical (unpaired) electrons. The van der Waals surface area contributed by atoms with Gasteiger partial charge < -0.3 is 0 Å². The summed E-state index contributed by atoms with van der Waals surface area (Å²) in [5.41, 5.74) is -0.112. The van der Waals surface area contributed by atoms with Crippen molar-refractivity contribution in [1.82, 2.24) is 0 Å². The highest BCUT2D eigenvalue weighted by molar-refractivity contribution is 5.85. The molecule has 0 spiro atoms. The second-order valence-corrected chi connectivity index (χ2v) is 6.73. The van der Waals surface area contributed by atoms with E-state index in [1.54, 1.807) is 0 Å². The molecule has 0 aromatic rings. The minimum absolute atomic E-state index is 0.112. The third kappa shape index (κ3) is 3.61. The maximum atomic E-state index is 12.1. The molecular formula is C15H28O. The van der Waals surface area contributed by atoms with Crippen LogP contribution in [0, 0.1) is 23.2 Å². The van der Waals surface area contributed by atoms with Gasteiger partial charge in [0.15, 0.2) is 0 Å². The van der Waals surface area contributed by atoms with Gasteiger partial charge in [-0.15, -0.1) is 0 Å². The zero-order valence-corrected chi connectivity index (χ0v) is 11.7. The van der Waals surface area contributed by atoms with Gasteiger partial charge in [-0.1, -0.05) is 60.3 Å². The third-order valence-corrected chi connectivity index (χ3v) is 4.13. The van der Waals surface area contributed by atoms with Gasteiger partial charge in [0.25, 0.3) is 0 Å². The van der Waals surface area contributed by atoms with Gasteiger partial charge >= 0.3 is 0 Å². The van der Waals surface area contributed by atoms with Gasteiger partial charge in [0.2, 0.25) is 0 Å². The molecule has 0 saturated heterocycles. The molecule has 0 amide bonds. The molecule has 0 heterocycles. The molecule has 1 aliphatic carbocycles. The van der Waals surface area contributed by atoms with Crippen LogP contribution in [0.15, 0.2) is 0 Å². The summed E-state index contributed by atoms with van der Waals surface area (Å²) in [6.45, 7) is 10.7. The molecule has 1 aliphatic rings. The first-order valence-electron chi connectivity index (χ1n) is 6.87. The fourth-order valence-corrected chi connectivity index (χ4v) is 3.14. The van der Waals surface area contributed by atoms with E-state index in [4.69, 9.17) is 0 Å². The van der Waals surface area contributed by atoms with E-state index in [9.17, 15) is 4.79 Å². The number of Topliss-reactive ketones (excluding diaryl/α,β-unsaturated/α-hetero) is 1. The first-order valence-corrected chi connectivity index (χ1v) is 6.87. The maximum Gasteiger partial charge on any atom is 0.141 e. The molecule has 1 nitrogen and oxygen atoms in total. The van der Waals surface area contributed by atoms with Crippen LogP contribution in [-0.4, -0.2) is 5.78 Å². The van der Waals surface area contributed by atoms with Crippen LogP contribution in [0.5, 0.6) is 0 Å². The van der Waals surface area contributed by atoms with Crippen molar-refractivity contribution in [2.45, 2.75) is 66.7 Å². The maximum absolute atomic E-state index is 12.1. The normalized spacial score (nSPS) is 27.1. The summed E-state index contributed by atoms with van der Waals surface area (Å²) >= 11 is 0. The van der Waals surface area contributed by atoms with E-state index in [0.29, 0.717) is 5.78 Å². The van der Waals surface area contributed by atoms with Crippen molar-refractivity contribution < 1.29 is 4.79 Å². The molecule has 0 aromatic heterocycles. The lowest BCUT2D eigenvalue weighted by atomic mass is 9.71. The highest BCUT2D eigenvalue weighted by atomic mass is 16.1. The second-order valence-electron chi connectivity index (χ2n) is 6.73. The van der Waals surface area contributed by atoms with Crippen LogP contribution < -0.4 is 0 Å². The SMILES string of the molecule is CC1CCC(CC(C)(C)C(=O)C(C)C)CC1. The Morgan fingerprint density at radius 1 is 1.19 bits per heavy atom. The van der Waals surface area contributed by atoms with Crippen molar-refractivity contribution in [3.8, 4) is 0 Å². The molecule has 0 N–H and O–H groups in total. The fraction of sp³-hybridized carbons (Fsp3) is 0.933. The van der Waals surface area contributed by atoms with Gasteiger partial charge in [0.05, 0.1) is 0 Å². The summed E-state index contributed by atoms with van der Waals surface area (Å²) < 4.78 is 0. The molecule has 1 fully saturated rings. The number of ketones is 1. The fourth-order valence-electron chi connectivity index (χ4n) is 3.14. The van der Waals surface area contributed by atoms with Gasteiger partial charge in [-0.3, -0.25) is 4.79 Å². The minimum Gasteiger partial charge on any atom is -0.299 e. The van der Waals surface area contributed by atoms with Crippen molar-refractivity contribution in [3.05, 3.63) is 0 Å². The summed E-state index contributed by atoms with van der Waals surface area (Å²) in [6.07, 6.45) is 6.47. The zero-order chi connectivity index (χ0) is 12.3. The summed E-state index contributed by atoms with van der Waals surface area (Å²) in [4.78, 5) is 12.1. The van der Waals surface area contributed by atoms with E-state index in [1.165, 1.54) is 25.7 Å². The topological polar surface area (TPSA) is 17.1 Å². The van der Waals surface area contributed by atoms with E-state index in [0.717, 1.165) is 18.3 Å². The first kappa shape index (κ1) is 13.7. The van der Waals surface area contributed by atoms with Crippen LogP contribution in [-0.2, 0) is 4.79 Å².